The van der Waals surface area contributed by atoms with Crippen LogP contribution in [0.15, 0.2) is 28.8 Å². The molecular weight excluding hydrogens is 216 g/mol. The van der Waals surface area contributed by atoms with Crippen LogP contribution in [0.3, 0.4) is 0 Å². The Balaban J connectivity index is 1.97. The molecule has 2 aromatic rings. The number of rotatable bonds is 5. The third-order valence-electron chi connectivity index (χ3n) is 2.24. The summed E-state index contributed by atoms with van der Waals surface area (Å²) in [5, 5.41) is 11.3. The summed E-state index contributed by atoms with van der Waals surface area (Å²) in [6.45, 7) is 5.04. The lowest BCUT2D eigenvalue weighted by atomic mass is 10.3. The van der Waals surface area contributed by atoms with Crippen LogP contribution in [-0.2, 0) is 6.42 Å². The Morgan fingerprint density at radius 1 is 1.29 bits per heavy atom. The Labute approximate surface area is 100 Å². The maximum atomic E-state index is 5.53. The summed E-state index contributed by atoms with van der Waals surface area (Å²) < 4.78 is 5.53. The van der Waals surface area contributed by atoms with Crippen molar-refractivity contribution in [2.24, 2.45) is 0 Å². The molecule has 0 amide bonds. The summed E-state index contributed by atoms with van der Waals surface area (Å²) in [6.07, 6.45) is 2.44. The highest BCUT2D eigenvalue weighted by molar-refractivity contribution is 5.44. The van der Waals surface area contributed by atoms with E-state index in [0.717, 1.165) is 13.0 Å². The Morgan fingerprint density at radius 3 is 2.88 bits per heavy atom. The Morgan fingerprint density at radius 2 is 2.18 bits per heavy atom. The standard InChI is InChI=1S/C12H16N4O/c1-9(2)13-8-6-11-15-16-12(17-11)10-5-3-4-7-14-10/h3-5,7,9,13H,6,8H2,1-2H3. The first kappa shape index (κ1) is 11.7. The highest BCUT2D eigenvalue weighted by Gasteiger charge is 2.08. The van der Waals surface area contributed by atoms with Crippen molar-refractivity contribution in [3.05, 3.63) is 30.3 Å². The van der Waals surface area contributed by atoms with Crippen LogP contribution in [0.4, 0.5) is 0 Å². The first-order valence-corrected chi connectivity index (χ1v) is 5.73. The third kappa shape index (κ3) is 3.35. The van der Waals surface area contributed by atoms with Crippen LogP contribution >= 0.6 is 0 Å². The zero-order chi connectivity index (χ0) is 12.1. The topological polar surface area (TPSA) is 63.8 Å². The summed E-state index contributed by atoms with van der Waals surface area (Å²) in [5.74, 6) is 1.11. The van der Waals surface area contributed by atoms with E-state index >= 15 is 0 Å². The predicted octanol–water partition coefficient (Wildman–Crippen LogP) is 1.67. The first-order chi connectivity index (χ1) is 8.25. The number of nitrogens with zero attached hydrogens (tertiary/aromatic N) is 3. The fourth-order valence-corrected chi connectivity index (χ4v) is 1.42. The Hall–Kier alpha value is -1.75. The van der Waals surface area contributed by atoms with Gasteiger partial charge in [0.05, 0.1) is 0 Å². The minimum Gasteiger partial charge on any atom is -0.419 e. The molecule has 5 heteroatoms. The van der Waals surface area contributed by atoms with Gasteiger partial charge < -0.3 is 9.73 Å². The van der Waals surface area contributed by atoms with Crippen LogP contribution in [-0.4, -0.2) is 27.8 Å². The molecule has 0 unspecified atom stereocenters. The smallest absolute Gasteiger partial charge is 0.266 e. The van der Waals surface area contributed by atoms with Gasteiger partial charge in [-0.3, -0.25) is 4.98 Å². The largest absolute Gasteiger partial charge is 0.419 e. The van der Waals surface area contributed by atoms with Crippen molar-refractivity contribution < 1.29 is 4.42 Å². The highest BCUT2D eigenvalue weighted by atomic mass is 16.4. The Kier molecular flexibility index (Phi) is 3.82. The molecular formula is C12H16N4O. The second-order valence-corrected chi connectivity index (χ2v) is 4.07. The fraction of sp³-hybridized carbons (Fsp3) is 0.417. The summed E-state index contributed by atoms with van der Waals surface area (Å²) >= 11 is 0. The third-order valence-corrected chi connectivity index (χ3v) is 2.24. The molecule has 2 heterocycles. The molecule has 0 atom stereocenters. The lowest BCUT2D eigenvalue weighted by molar-refractivity contribution is 0.483. The van der Waals surface area contributed by atoms with E-state index in [2.05, 4.69) is 34.3 Å². The summed E-state index contributed by atoms with van der Waals surface area (Å²) in [5.41, 5.74) is 0.711. The summed E-state index contributed by atoms with van der Waals surface area (Å²) in [7, 11) is 0. The van der Waals surface area contributed by atoms with E-state index in [0.29, 0.717) is 23.5 Å². The van der Waals surface area contributed by atoms with E-state index in [1.165, 1.54) is 0 Å². The summed E-state index contributed by atoms with van der Waals surface area (Å²) in [4.78, 5) is 4.16. The van der Waals surface area contributed by atoms with Crippen molar-refractivity contribution in [1.82, 2.24) is 20.5 Å². The molecule has 0 aliphatic carbocycles. The number of pyridine rings is 1. The van der Waals surface area contributed by atoms with Gasteiger partial charge in [-0.1, -0.05) is 19.9 Å². The quantitative estimate of drug-likeness (QED) is 0.849. The van der Waals surface area contributed by atoms with Gasteiger partial charge in [0.1, 0.15) is 5.69 Å². The molecule has 90 valence electrons. The van der Waals surface area contributed by atoms with E-state index in [-0.39, 0.29) is 0 Å². The van der Waals surface area contributed by atoms with E-state index in [1.807, 2.05) is 18.2 Å². The zero-order valence-electron chi connectivity index (χ0n) is 10.1. The van der Waals surface area contributed by atoms with Crippen LogP contribution < -0.4 is 5.32 Å². The maximum absolute atomic E-state index is 5.53. The monoisotopic (exact) mass is 232 g/mol. The van der Waals surface area contributed by atoms with Crippen molar-refractivity contribution in [3.63, 3.8) is 0 Å². The van der Waals surface area contributed by atoms with E-state index in [9.17, 15) is 0 Å². The normalized spacial score (nSPS) is 11.0. The molecule has 0 saturated heterocycles. The van der Waals surface area contributed by atoms with Crippen molar-refractivity contribution in [2.75, 3.05) is 6.54 Å². The number of hydrogen-bond acceptors (Lipinski definition) is 5. The molecule has 0 aliphatic rings. The Bertz CT molecular complexity index is 453. The molecule has 0 aromatic carbocycles. The zero-order valence-corrected chi connectivity index (χ0v) is 10.1. The molecule has 5 nitrogen and oxygen atoms in total. The number of hydrogen-bond donors (Lipinski definition) is 1. The molecule has 0 spiro atoms. The van der Waals surface area contributed by atoms with Gasteiger partial charge in [0.2, 0.25) is 5.89 Å². The van der Waals surface area contributed by atoms with Crippen LogP contribution in [0, 0.1) is 0 Å². The highest BCUT2D eigenvalue weighted by Crippen LogP contribution is 2.14. The lowest BCUT2D eigenvalue weighted by Crippen LogP contribution is -2.25. The van der Waals surface area contributed by atoms with Crippen molar-refractivity contribution in [3.8, 4) is 11.6 Å². The fourth-order valence-electron chi connectivity index (χ4n) is 1.42. The van der Waals surface area contributed by atoms with Gasteiger partial charge in [0, 0.05) is 25.2 Å². The van der Waals surface area contributed by atoms with E-state index in [4.69, 9.17) is 4.42 Å². The van der Waals surface area contributed by atoms with Crippen molar-refractivity contribution in [1.29, 1.82) is 0 Å². The van der Waals surface area contributed by atoms with E-state index < -0.39 is 0 Å². The second kappa shape index (κ2) is 5.54. The minimum absolute atomic E-state index is 0.466. The molecule has 17 heavy (non-hydrogen) atoms. The van der Waals surface area contributed by atoms with Gasteiger partial charge in [0.25, 0.3) is 5.89 Å². The lowest BCUT2D eigenvalue weighted by Gasteiger charge is -2.04. The SMILES string of the molecule is CC(C)NCCc1nnc(-c2ccccn2)o1. The molecule has 2 rings (SSSR count). The summed E-state index contributed by atoms with van der Waals surface area (Å²) in [6, 6.07) is 6.07. The molecule has 1 N–H and O–H groups in total. The van der Waals surface area contributed by atoms with Crippen LogP contribution in [0.2, 0.25) is 0 Å². The van der Waals surface area contributed by atoms with Crippen molar-refractivity contribution in [2.45, 2.75) is 26.3 Å². The molecule has 2 aromatic heterocycles. The van der Waals surface area contributed by atoms with Crippen LogP contribution in [0.1, 0.15) is 19.7 Å². The predicted molar refractivity (Wildman–Crippen MR) is 64.4 cm³/mol. The maximum Gasteiger partial charge on any atom is 0.266 e. The average molecular weight is 232 g/mol. The molecule has 0 bridgehead atoms. The number of aromatic nitrogens is 3. The van der Waals surface area contributed by atoms with Gasteiger partial charge in [-0.15, -0.1) is 10.2 Å². The van der Waals surface area contributed by atoms with Crippen molar-refractivity contribution >= 4 is 0 Å². The van der Waals surface area contributed by atoms with Gasteiger partial charge in [0.15, 0.2) is 0 Å². The first-order valence-electron chi connectivity index (χ1n) is 5.73. The van der Waals surface area contributed by atoms with Gasteiger partial charge >= 0.3 is 0 Å². The molecule has 0 saturated carbocycles. The number of nitrogens with one attached hydrogen (secondary N) is 1. The van der Waals surface area contributed by atoms with Gasteiger partial charge in [-0.2, -0.15) is 0 Å². The second-order valence-electron chi connectivity index (χ2n) is 4.07. The van der Waals surface area contributed by atoms with Crippen LogP contribution in [0.25, 0.3) is 11.6 Å². The van der Waals surface area contributed by atoms with Gasteiger partial charge in [-0.05, 0) is 12.1 Å². The van der Waals surface area contributed by atoms with E-state index in [1.54, 1.807) is 6.20 Å². The van der Waals surface area contributed by atoms with Crippen LogP contribution in [0.5, 0.6) is 0 Å². The van der Waals surface area contributed by atoms with Gasteiger partial charge in [-0.25, -0.2) is 0 Å². The molecule has 0 fully saturated rings. The molecule has 0 radical (unpaired) electrons. The average Bonchev–Trinajstić information content (AvgIpc) is 2.78. The molecule has 0 aliphatic heterocycles. The minimum atomic E-state index is 0.466.